The van der Waals surface area contributed by atoms with Crippen LogP contribution in [0.3, 0.4) is 0 Å². The molecule has 32 heavy (non-hydrogen) atoms. The highest BCUT2D eigenvalue weighted by Crippen LogP contribution is 2.30. The van der Waals surface area contributed by atoms with Gasteiger partial charge in [-0.1, -0.05) is 42.5 Å². The Bertz CT molecular complexity index is 1380. The monoisotopic (exact) mass is 421 g/mol. The Balaban J connectivity index is 1.56. The lowest BCUT2D eigenvalue weighted by Gasteiger charge is -2.13. The van der Waals surface area contributed by atoms with E-state index in [-0.39, 0.29) is 0 Å². The molecule has 0 spiro atoms. The average Bonchev–Trinajstić information content (AvgIpc) is 3.19. The third-order valence-electron chi connectivity index (χ3n) is 5.53. The van der Waals surface area contributed by atoms with Crippen LogP contribution in [0.2, 0.25) is 0 Å². The third-order valence-corrected chi connectivity index (χ3v) is 5.53. The zero-order chi connectivity index (χ0) is 22.1. The largest absolute Gasteiger partial charge is 0.388 e. The summed E-state index contributed by atoms with van der Waals surface area (Å²) in [6.07, 6.45) is 1.65. The maximum atomic E-state index is 10.6. The summed E-state index contributed by atoms with van der Waals surface area (Å²) in [6, 6.07) is 25.5. The molecule has 6 nitrogen and oxygen atoms in total. The SMILES string of the molecule is Cc1ccc2nc(-c3cccnc3N)n(-c3ccc(CC(O)c4ccccc4)cc3)c2n1. The Morgan fingerprint density at radius 2 is 1.69 bits per heavy atom. The van der Waals surface area contributed by atoms with Crippen LogP contribution in [0.4, 0.5) is 5.82 Å². The van der Waals surface area contributed by atoms with E-state index >= 15 is 0 Å². The number of aliphatic hydroxyl groups is 1. The molecule has 0 aliphatic rings. The van der Waals surface area contributed by atoms with Crippen molar-refractivity contribution in [1.82, 2.24) is 19.5 Å². The summed E-state index contributed by atoms with van der Waals surface area (Å²) >= 11 is 0. The van der Waals surface area contributed by atoms with Crippen LogP contribution in [-0.4, -0.2) is 24.6 Å². The van der Waals surface area contributed by atoms with Crippen LogP contribution in [0, 0.1) is 6.92 Å². The van der Waals surface area contributed by atoms with Crippen LogP contribution in [0.15, 0.2) is 85.1 Å². The van der Waals surface area contributed by atoms with Gasteiger partial charge in [0.1, 0.15) is 11.3 Å². The Hall–Kier alpha value is -4.03. The second-order valence-corrected chi connectivity index (χ2v) is 7.80. The molecule has 6 heteroatoms. The molecule has 0 aliphatic heterocycles. The summed E-state index contributed by atoms with van der Waals surface area (Å²) in [4.78, 5) is 13.8. The average molecular weight is 422 g/mol. The number of benzene rings is 2. The molecule has 0 saturated carbocycles. The zero-order valence-corrected chi connectivity index (χ0v) is 17.7. The molecule has 2 aromatic carbocycles. The minimum Gasteiger partial charge on any atom is -0.388 e. The molecule has 0 amide bonds. The van der Waals surface area contributed by atoms with Gasteiger partial charge in [-0.05, 0) is 54.4 Å². The first-order chi connectivity index (χ1) is 15.6. The lowest BCUT2D eigenvalue weighted by molar-refractivity contribution is 0.178. The number of nitrogen functional groups attached to an aromatic ring is 1. The molecular weight excluding hydrogens is 398 g/mol. The van der Waals surface area contributed by atoms with E-state index in [2.05, 4.69) is 4.98 Å². The minimum absolute atomic E-state index is 0.420. The van der Waals surface area contributed by atoms with Gasteiger partial charge in [-0.15, -0.1) is 0 Å². The van der Waals surface area contributed by atoms with Crippen molar-refractivity contribution in [3.05, 3.63) is 102 Å². The number of hydrogen-bond donors (Lipinski definition) is 2. The van der Waals surface area contributed by atoms with Crippen molar-refractivity contribution in [2.45, 2.75) is 19.4 Å². The quantitative estimate of drug-likeness (QED) is 0.431. The van der Waals surface area contributed by atoms with Crippen LogP contribution in [0.1, 0.15) is 22.9 Å². The predicted molar refractivity (Wildman–Crippen MR) is 126 cm³/mol. The molecule has 0 bridgehead atoms. The van der Waals surface area contributed by atoms with Crippen molar-refractivity contribution in [2.75, 3.05) is 5.73 Å². The molecule has 1 unspecified atom stereocenters. The van der Waals surface area contributed by atoms with Crippen molar-refractivity contribution in [2.24, 2.45) is 0 Å². The topological polar surface area (TPSA) is 89.8 Å². The normalized spacial score (nSPS) is 12.2. The molecule has 1 atom stereocenters. The van der Waals surface area contributed by atoms with Crippen LogP contribution in [0.25, 0.3) is 28.2 Å². The molecule has 0 aliphatic carbocycles. The van der Waals surface area contributed by atoms with Gasteiger partial charge in [0.25, 0.3) is 0 Å². The van der Waals surface area contributed by atoms with Gasteiger partial charge in [0.15, 0.2) is 11.5 Å². The van der Waals surface area contributed by atoms with Gasteiger partial charge in [0.2, 0.25) is 0 Å². The van der Waals surface area contributed by atoms with E-state index in [0.717, 1.165) is 39.2 Å². The summed E-state index contributed by atoms with van der Waals surface area (Å²) < 4.78 is 2.01. The molecule has 3 N–H and O–H groups in total. The zero-order valence-electron chi connectivity index (χ0n) is 17.7. The minimum atomic E-state index is -0.550. The van der Waals surface area contributed by atoms with Crippen LogP contribution >= 0.6 is 0 Å². The smallest absolute Gasteiger partial charge is 0.165 e. The fourth-order valence-electron chi connectivity index (χ4n) is 3.88. The first-order valence-corrected chi connectivity index (χ1v) is 10.5. The van der Waals surface area contributed by atoms with Crippen molar-refractivity contribution >= 4 is 17.0 Å². The molecule has 3 aromatic heterocycles. The number of nitrogens with two attached hydrogens (primary N) is 1. The number of pyridine rings is 2. The summed E-state index contributed by atoms with van der Waals surface area (Å²) in [5, 5.41) is 10.6. The van der Waals surface area contributed by atoms with E-state index in [1.54, 1.807) is 6.20 Å². The maximum Gasteiger partial charge on any atom is 0.165 e. The van der Waals surface area contributed by atoms with E-state index in [4.69, 9.17) is 15.7 Å². The highest BCUT2D eigenvalue weighted by Gasteiger charge is 2.18. The second-order valence-electron chi connectivity index (χ2n) is 7.80. The van der Waals surface area contributed by atoms with Crippen LogP contribution in [0.5, 0.6) is 0 Å². The van der Waals surface area contributed by atoms with E-state index in [9.17, 15) is 5.11 Å². The predicted octanol–water partition coefficient (Wildman–Crippen LogP) is 4.65. The molecule has 0 saturated heterocycles. The number of aliphatic hydroxyl groups excluding tert-OH is 1. The Kier molecular flexibility index (Phi) is 5.13. The summed E-state index contributed by atoms with van der Waals surface area (Å²) in [5.74, 6) is 1.11. The number of hydrogen-bond acceptors (Lipinski definition) is 5. The van der Waals surface area contributed by atoms with Gasteiger partial charge in [0.05, 0.1) is 11.7 Å². The van der Waals surface area contributed by atoms with E-state index in [1.807, 2.05) is 90.4 Å². The van der Waals surface area contributed by atoms with Gasteiger partial charge in [-0.25, -0.2) is 15.0 Å². The van der Waals surface area contributed by atoms with Gasteiger partial charge in [-0.3, -0.25) is 4.57 Å². The first kappa shape index (κ1) is 19.9. The van der Waals surface area contributed by atoms with Gasteiger partial charge < -0.3 is 10.8 Å². The second kappa shape index (κ2) is 8.24. The molecule has 3 heterocycles. The highest BCUT2D eigenvalue weighted by molar-refractivity contribution is 5.82. The van der Waals surface area contributed by atoms with Crippen molar-refractivity contribution < 1.29 is 5.11 Å². The van der Waals surface area contributed by atoms with Gasteiger partial charge in [-0.2, -0.15) is 0 Å². The number of imidazole rings is 1. The highest BCUT2D eigenvalue weighted by atomic mass is 16.3. The molecule has 5 aromatic rings. The Morgan fingerprint density at radius 1 is 0.906 bits per heavy atom. The van der Waals surface area contributed by atoms with Gasteiger partial charge in [0, 0.05) is 24.0 Å². The van der Waals surface area contributed by atoms with E-state index in [0.29, 0.717) is 18.1 Å². The number of rotatable bonds is 5. The summed E-state index contributed by atoms with van der Waals surface area (Å²) in [5.41, 5.74) is 12.3. The fourth-order valence-corrected chi connectivity index (χ4v) is 3.88. The number of aryl methyl sites for hydroxylation is 1. The first-order valence-electron chi connectivity index (χ1n) is 10.5. The van der Waals surface area contributed by atoms with Crippen molar-refractivity contribution in [1.29, 1.82) is 0 Å². The molecule has 158 valence electrons. The fraction of sp³-hybridized carbons (Fsp3) is 0.115. The molecule has 0 radical (unpaired) electrons. The number of fused-ring (bicyclic) bond motifs is 1. The summed E-state index contributed by atoms with van der Waals surface area (Å²) in [6.45, 7) is 1.96. The number of anilines is 1. The molecule has 0 fully saturated rings. The van der Waals surface area contributed by atoms with Crippen LogP contribution in [-0.2, 0) is 6.42 Å². The van der Waals surface area contributed by atoms with Gasteiger partial charge >= 0.3 is 0 Å². The molecular formula is C26H23N5O. The number of nitrogens with zero attached hydrogens (tertiary/aromatic N) is 4. The maximum absolute atomic E-state index is 10.6. The van der Waals surface area contributed by atoms with E-state index < -0.39 is 6.10 Å². The molecule has 5 rings (SSSR count). The third kappa shape index (κ3) is 3.72. The van der Waals surface area contributed by atoms with E-state index in [1.165, 1.54) is 0 Å². The lowest BCUT2D eigenvalue weighted by Crippen LogP contribution is -2.04. The van der Waals surface area contributed by atoms with Crippen molar-refractivity contribution in [3.63, 3.8) is 0 Å². The lowest BCUT2D eigenvalue weighted by atomic mass is 10.0. The van der Waals surface area contributed by atoms with Crippen molar-refractivity contribution in [3.8, 4) is 17.1 Å². The standard InChI is InChI=1S/C26H23N5O/c1-17-9-14-22-26(29-17)31(25(30-22)21-8-5-15-28-24(21)27)20-12-10-18(11-13-20)16-23(32)19-6-3-2-4-7-19/h2-15,23,32H,16H2,1H3,(H2,27,28). The Morgan fingerprint density at radius 3 is 2.44 bits per heavy atom. The Labute approximate surface area is 186 Å². The summed E-state index contributed by atoms with van der Waals surface area (Å²) in [7, 11) is 0. The van der Waals surface area contributed by atoms with Crippen LogP contribution < -0.4 is 5.73 Å². The number of aromatic nitrogens is 4.